The number of nitrogens with one attached hydrogen (secondary N) is 2. The minimum Gasteiger partial charge on any atom is -0.481 e. The van der Waals surface area contributed by atoms with Crippen molar-refractivity contribution in [2.45, 2.75) is 32.2 Å². The Kier molecular flexibility index (Phi) is 7.69. The summed E-state index contributed by atoms with van der Waals surface area (Å²) in [7, 11) is 3.78. The number of hydrogen-bond donors (Lipinski definition) is 3. The number of nitrogens with zero attached hydrogens (tertiary/aromatic N) is 1. The molecule has 0 aliphatic heterocycles. The Morgan fingerprint density at radius 1 is 1.22 bits per heavy atom. The number of carboxylic acid groups (broad SMARTS) is 1. The monoisotopic (exact) mass is 259 g/mol. The van der Waals surface area contributed by atoms with E-state index >= 15 is 0 Å². The lowest BCUT2D eigenvalue weighted by molar-refractivity contribution is -0.137. The number of amides is 3. The van der Waals surface area contributed by atoms with Crippen molar-refractivity contribution in [3.05, 3.63) is 0 Å². The van der Waals surface area contributed by atoms with E-state index in [1.807, 2.05) is 25.9 Å². The first-order valence-corrected chi connectivity index (χ1v) is 5.78. The second-order valence-corrected chi connectivity index (χ2v) is 4.32. The van der Waals surface area contributed by atoms with Gasteiger partial charge in [0.05, 0.1) is 0 Å². The first-order chi connectivity index (χ1) is 8.32. The molecular formula is C11H21N3O4. The molecule has 0 saturated heterocycles. The van der Waals surface area contributed by atoms with Crippen molar-refractivity contribution in [1.82, 2.24) is 15.5 Å². The van der Waals surface area contributed by atoms with E-state index < -0.39 is 17.9 Å². The first kappa shape index (κ1) is 16.4. The lowest BCUT2D eigenvalue weighted by atomic mass is 10.2. The second-order valence-electron chi connectivity index (χ2n) is 4.32. The highest BCUT2D eigenvalue weighted by Crippen LogP contribution is 1.95. The van der Waals surface area contributed by atoms with Crippen LogP contribution in [0.1, 0.15) is 26.2 Å². The Morgan fingerprint density at radius 3 is 2.33 bits per heavy atom. The third-order valence-corrected chi connectivity index (χ3v) is 2.49. The number of aliphatic carboxylic acids is 1. The van der Waals surface area contributed by atoms with Gasteiger partial charge < -0.3 is 15.3 Å². The molecular weight excluding hydrogens is 238 g/mol. The second kappa shape index (κ2) is 8.46. The van der Waals surface area contributed by atoms with Crippen LogP contribution >= 0.6 is 0 Å². The molecule has 0 aromatic carbocycles. The first-order valence-electron chi connectivity index (χ1n) is 5.78. The quantitative estimate of drug-likeness (QED) is 0.598. The van der Waals surface area contributed by atoms with Crippen molar-refractivity contribution >= 4 is 17.9 Å². The summed E-state index contributed by atoms with van der Waals surface area (Å²) in [5.74, 6) is -1.42. The van der Waals surface area contributed by atoms with Gasteiger partial charge in [-0.05, 0) is 27.4 Å². The van der Waals surface area contributed by atoms with E-state index in [4.69, 9.17) is 5.11 Å². The van der Waals surface area contributed by atoms with E-state index in [2.05, 4.69) is 10.6 Å². The van der Waals surface area contributed by atoms with Crippen LogP contribution in [0.5, 0.6) is 0 Å². The molecule has 0 aromatic rings. The summed E-state index contributed by atoms with van der Waals surface area (Å²) in [6, 6.07) is -0.387. The van der Waals surface area contributed by atoms with Gasteiger partial charge in [0.25, 0.3) is 0 Å². The smallest absolute Gasteiger partial charge is 0.321 e. The summed E-state index contributed by atoms with van der Waals surface area (Å²) in [6.07, 6.45) is 0.179. The van der Waals surface area contributed by atoms with E-state index in [1.165, 1.54) is 0 Å². The molecule has 1 atom stereocenters. The van der Waals surface area contributed by atoms with Gasteiger partial charge in [0.1, 0.15) is 0 Å². The average molecular weight is 259 g/mol. The zero-order valence-electron chi connectivity index (χ0n) is 11.0. The molecule has 0 aliphatic rings. The van der Waals surface area contributed by atoms with Crippen LogP contribution in [0, 0.1) is 0 Å². The van der Waals surface area contributed by atoms with Gasteiger partial charge >= 0.3 is 12.0 Å². The van der Waals surface area contributed by atoms with Crippen LogP contribution in [0.2, 0.25) is 0 Å². The molecule has 0 aromatic heterocycles. The molecule has 0 saturated carbocycles. The topological polar surface area (TPSA) is 98.7 Å². The van der Waals surface area contributed by atoms with Gasteiger partial charge in [0, 0.05) is 25.4 Å². The highest BCUT2D eigenvalue weighted by atomic mass is 16.4. The molecule has 104 valence electrons. The van der Waals surface area contributed by atoms with Crippen LogP contribution < -0.4 is 10.6 Å². The Balaban J connectivity index is 3.74. The summed E-state index contributed by atoms with van der Waals surface area (Å²) < 4.78 is 0. The third kappa shape index (κ3) is 8.51. The Labute approximate surface area is 107 Å². The fraction of sp³-hybridized carbons (Fsp3) is 0.727. The summed E-state index contributed by atoms with van der Waals surface area (Å²) in [5.41, 5.74) is 0. The maximum Gasteiger partial charge on any atom is 0.321 e. The highest BCUT2D eigenvalue weighted by molar-refractivity contribution is 5.94. The van der Waals surface area contributed by atoms with Crippen LogP contribution in [0.25, 0.3) is 0 Å². The largest absolute Gasteiger partial charge is 0.481 e. The molecule has 1 unspecified atom stereocenters. The third-order valence-electron chi connectivity index (χ3n) is 2.49. The van der Waals surface area contributed by atoms with Crippen molar-refractivity contribution in [2.75, 3.05) is 20.6 Å². The van der Waals surface area contributed by atoms with Gasteiger partial charge in [0.2, 0.25) is 5.91 Å². The van der Waals surface area contributed by atoms with Gasteiger partial charge in [-0.15, -0.1) is 0 Å². The predicted octanol–water partition coefficient (Wildman–Crippen LogP) is 0.0172. The lowest BCUT2D eigenvalue weighted by Crippen LogP contribution is -2.44. The van der Waals surface area contributed by atoms with Crippen LogP contribution in [0.15, 0.2) is 0 Å². The molecule has 0 bridgehead atoms. The predicted molar refractivity (Wildman–Crippen MR) is 66.2 cm³/mol. The molecule has 0 fully saturated rings. The molecule has 3 N–H and O–H groups in total. The van der Waals surface area contributed by atoms with Crippen molar-refractivity contribution in [3.8, 4) is 0 Å². The minimum absolute atomic E-state index is 0.0307. The lowest BCUT2D eigenvalue weighted by Gasteiger charge is -2.19. The fourth-order valence-electron chi connectivity index (χ4n) is 1.06. The molecule has 0 aliphatic carbocycles. The number of urea groups is 1. The van der Waals surface area contributed by atoms with Gasteiger partial charge in [-0.1, -0.05) is 0 Å². The molecule has 0 heterocycles. The van der Waals surface area contributed by atoms with Crippen molar-refractivity contribution in [1.29, 1.82) is 0 Å². The van der Waals surface area contributed by atoms with Crippen molar-refractivity contribution in [3.63, 3.8) is 0 Å². The van der Waals surface area contributed by atoms with E-state index in [9.17, 15) is 14.4 Å². The molecule has 18 heavy (non-hydrogen) atoms. The van der Waals surface area contributed by atoms with E-state index in [-0.39, 0.29) is 25.3 Å². The molecule has 0 spiro atoms. The normalized spacial score (nSPS) is 12.0. The van der Waals surface area contributed by atoms with Crippen LogP contribution in [-0.2, 0) is 9.59 Å². The number of imide groups is 1. The van der Waals surface area contributed by atoms with Gasteiger partial charge in [0.15, 0.2) is 0 Å². The highest BCUT2D eigenvalue weighted by Gasteiger charge is 2.10. The standard InChI is InChI=1S/C11H21N3O4/c1-8(14(2)3)7-12-11(18)13-9(15)5-4-6-10(16)17/h8H,4-7H2,1-3H3,(H,16,17)(H2,12,13,15,18). The summed E-state index contributed by atoms with van der Waals surface area (Å²) in [4.78, 5) is 34.7. The molecule has 0 radical (unpaired) electrons. The summed E-state index contributed by atoms with van der Waals surface area (Å²) >= 11 is 0. The number of likely N-dealkylation sites (N-methyl/N-ethyl adjacent to an activating group) is 1. The number of carbonyl (C=O) groups excluding carboxylic acids is 2. The molecule has 7 nitrogen and oxygen atoms in total. The van der Waals surface area contributed by atoms with E-state index in [1.54, 1.807) is 0 Å². The molecule has 7 heteroatoms. The van der Waals surface area contributed by atoms with E-state index in [0.29, 0.717) is 6.54 Å². The van der Waals surface area contributed by atoms with Crippen molar-refractivity contribution in [2.24, 2.45) is 0 Å². The average Bonchev–Trinajstić information content (AvgIpc) is 2.24. The van der Waals surface area contributed by atoms with Crippen LogP contribution in [0.3, 0.4) is 0 Å². The van der Waals surface area contributed by atoms with Gasteiger partial charge in [-0.3, -0.25) is 14.9 Å². The summed E-state index contributed by atoms with van der Waals surface area (Å²) in [5, 5.41) is 13.1. The maximum atomic E-state index is 11.3. The number of rotatable bonds is 7. The number of carbonyl (C=O) groups is 3. The van der Waals surface area contributed by atoms with Crippen molar-refractivity contribution < 1.29 is 19.5 Å². The minimum atomic E-state index is -0.952. The number of carboxylic acids is 1. The fourth-order valence-corrected chi connectivity index (χ4v) is 1.06. The Hall–Kier alpha value is -1.63. The number of hydrogen-bond acceptors (Lipinski definition) is 4. The Bertz CT molecular complexity index is 305. The maximum absolute atomic E-state index is 11.3. The molecule has 0 rings (SSSR count). The Morgan fingerprint density at radius 2 is 1.83 bits per heavy atom. The zero-order chi connectivity index (χ0) is 14.1. The van der Waals surface area contributed by atoms with Gasteiger partial charge in [-0.25, -0.2) is 4.79 Å². The van der Waals surface area contributed by atoms with Crippen LogP contribution in [0.4, 0.5) is 4.79 Å². The SMILES string of the molecule is CC(CNC(=O)NC(=O)CCCC(=O)O)N(C)C. The van der Waals surface area contributed by atoms with E-state index in [0.717, 1.165) is 0 Å². The van der Waals surface area contributed by atoms with Gasteiger partial charge in [-0.2, -0.15) is 0 Å². The zero-order valence-corrected chi connectivity index (χ0v) is 11.0. The molecule has 3 amide bonds. The van der Waals surface area contributed by atoms with Crippen LogP contribution in [-0.4, -0.2) is 54.6 Å². The summed E-state index contributed by atoms with van der Waals surface area (Å²) in [6.45, 7) is 2.37.